The minimum Gasteiger partial charge on any atom is -0.461 e. The summed E-state index contributed by atoms with van der Waals surface area (Å²) in [6.45, 7) is 8.83. The Morgan fingerprint density at radius 2 is 1.77 bits per heavy atom. The van der Waals surface area contributed by atoms with E-state index in [1.807, 2.05) is 30.3 Å². The molecule has 0 amide bonds. The van der Waals surface area contributed by atoms with Crippen LogP contribution in [0.2, 0.25) is 0 Å². The monoisotopic (exact) mass is 346 g/mol. The zero-order chi connectivity index (χ0) is 18.5. The minimum atomic E-state index is 0.604. The number of nitriles is 1. The fourth-order valence-corrected chi connectivity index (χ4v) is 3.34. The second-order valence-electron chi connectivity index (χ2n) is 6.79. The SMILES string of the molecule is CC[C@@H](C)N(CC)CCc1cc2cc(-c3ccc(C#N)cc3)ccc2o1. The van der Waals surface area contributed by atoms with Crippen molar-refractivity contribution in [3.63, 3.8) is 0 Å². The van der Waals surface area contributed by atoms with Crippen molar-refractivity contribution in [1.29, 1.82) is 5.26 Å². The first-order valence-corrected chi connectivity index (χ1v) is 9.41. The van der Waals surface area contributed by atoms with Crippen LogP contribution in [0.1, 0.15) is 38.5 Å². The van der Waals surface area contributed by atoms with Crippen LogP contribution < -0.4 is 0 Å². The molecule has 0 aliphatic carbocycles. The van der Waals surface area contributed by atoms with Crippen LogP contribution in [0.3, 0.4) is 0 Å². The van der Waals surface area contributed by atoms with E-state index < -0.39 is 0 Å². The van der Waals surface area contributed by atoms with E-state index >= 15 is 0 Å². The average Bonchev–Trinajstić information content (AvgIpc) is 3.10. The van der Waals surface area contributed by atoms with E-state index in [1.54, 1.807) is 0 Å². The molecule has 0 fully saturated rings. The van der Waals surface area contributed by atoms with Gasteiger partial charge in [0, 0.05) is 24.4 Å². The predicted molar refractivity (Wildman–Crippen MR) is 107 cm³/mol. The molecule has 3 heteroatoms. The smallest absolute Gasteiger partial charge is 0.134 e. The Balaban J connectivity index is 1.77. The fraction of sp³-hybridized carbons (Fsp3) is 0.348. The van der Waals surface area contributed by atoms with Crippen molar-refractivity contribution in [3.05, 3.63) is 59.9 Å². The van der Waals surface area contributed by atoms with Crippen molar-refractivity contribution < 1.29 is 4.42 Å². The Morgan fingerprint density at radius 3 is 2.42 bits per heavy atom. The first-order chi connectivity index (χ1) is 12.6. The normalized spacial score (nSPS) is 12.4. The van der Waals surface area contributed by atoms with Crippen LogP contribution in [0.5, 0.6) is 0 Å². The van der Waals surface area contributed by atoms with E-state index in [0.29, 0.717) is 11.6 Å². The van der Waals surface area contributed by atoms with Gasteiger partial charge in [0.15, 0.2) is 0 Å². The highest BCUT2D eigenvalue weighted by Crippen LogP contribution is 2.27. The maximum absolute atomic E-state index is 8.93. The first-order valence-electron chi connectivity index (χ1n) is 9.41. The van der Waals surface area contributed by atoms with Crippen molar-refractivity contribution in [2.45, 2.75) is 39.7 Å². The zero-order valence-electron chi connectivity index (χ0n) is 15.8. The first kappa shape index (κ1) is 18.2. The van der Waals surface area contributed by atoms with E-state index in [9.17, 15) is 0 Å². The molecule has 0 saturated heterocycles. The molecule has 0 saturated carbocycles. The Morgan fingerprint density at radius 1 is 1.04 bits per heavy atom. The van der Waals surface area contributed by atoms with Gasteiger partial charge in [0.25, 0.3) is 0 Å². The third-order valence-corrected chi connectivity index (χ3v) is 5.18. The molecule has 1 heterocycles. The van der Waals surface area contributed by atoms with E-state index in [0.717, 1.165) is 47.4 Å². The Hall–Kier alpha value is -2.57. The number of nitrogens with zero attached hydrogens (tertiary/aromatic N) is 2. The Labute approximate surface area is 155 Å². The van der Waals surface area contributed by atoms with Gasteiger partial charge >= 0.3 is 0 Å². The fourth-order valence-electron chi connectivity index (χ4n) is 3.34. The van der Waals surface area contributed by atoms with Gasteiger partial charge in [-0.3, -0.25) is 0 Å². The van der Waals surface area contributed by atoms with Gasteiger partial charge in [-0.25, -0.2) is 0 Å². The Bertz CT molecular complexity index is 902. The second kappa shape index (κ2) is 8.21. The molecule has 1 atom stereocenters. The average molecular weight is 346 g/mol. The van der Waals surface area contributed by atoms with Gasteiger partial charge in [0.05, 0.1) is 11.6 Å². The van der Waals surface area contributed by atoms with Gasteiger partial charge in [-0.1, -0.05) is 32.0 Å². The molecule has 3 nitrogen and oxygen atoms in total. The van der Waals surface area contributed by atoms with Crippen molar-refractivity contribution in [1.82, 2.24) is 4.90 Å². The molecule has 3 aromatic rings. The van der Waals surface area contributed by atoms with Crippen LogP contribution in [-0.4, -0.2) is 24.0 Å². The van der Waals surface area contributed by atoms with Crippen LogP contribution in [0.15, 0.2) is 52.9 Å². The van der Waals surface area contributed by atoms with Gasteiger partial charge in [0.1, 0.15) is 11.3 Å². The molecule has 0 aliphatic heterocycles. The summed E-state index contributed by atoms with van der Waals surface area (Å²) in [6.07, 6.45) is 2.10. The molecular weight excluding hydrogens is 320 g/mol. The summed E-state index contributed by atoms with van der Waals surface area (Å²) in [7, 11) is 0. The standard InChI is InChI=1S/C23H26N2O/c1-4-17(3)25(5-2)13-12-22-15-21-14-20(10-11-23(21)26-22)19-8-6-18(16-24)7-9-19/h6-11,14-15,17H,4-5,12-13H2,1-3H3/t17-/m1/s1. The minimum absolute atomic E-state index is 0.604. The van der Waals surface area contributed by atoms with Gasteiger partial charge < -0.3 is 9.32 Å². The maximum atomic E-state index is 8.93. The predicted octanol–water partition coefficient (Wildman–Crippen LogP) is 5.63. The Kier molecular flexibility index (Phi) is 5.75. The topological polar surface area (TPSA) is 40.2 Å². The molecule has 2 aromatic carbocycles. The van der Waals surface area contributed by atoms with Crippen LogP contribution in [-0.2, 0) is 6.42 Å². The molecule has 0 spiro atoms. The molecular formula is C23H26N2O. The second-order valence-corrected chi connectivity index (χ2v) is 6.79. The summed E-state index contributed by atoms with van der Waals surface area (Å²) in [5.41, 5.74) is 3.87. The van der Waals surface area contributed by atoms with E-state index in [4.69, 9.17) is 9.68 Å². The lowest BCUT2D eigenvalue weighted by molar-refractivity contribution is 0.213. The molecule has 3 rings (SSSR count). The van der Waals surface area contributed by atoms with Gasteiger partial charge in [-0.05, 0) is 61.3 Å². The molecule has 134 valence electrons. The van der Waals surface area contributed by atoms with Crippen molar-refractivity contribution in [3.8, 4) is 17.2 Å². The number of furan rings is 1. The lowest BCUT2D eigenvalue weighted by Crippen LogP contribution is -2.34. The molecule has 1 aromatic heterocycles. The highest BCUT2D eigenvalue weighted by Gasteiger charge is 2.12. The van der Waals surface area contributed by atoms with Crippen LogP contribution >= 0.6 is 0 Å². The quantitative estimate of drug-likeness (QED) is 0.556. The molecule has 0 unspecified atom stereocenters. The van der Waals surface area contributed by atoms with Gasteiger partial charge in [-0.2, -0.15) is 5.26 Å². The third kappa shape index (κ3) is 3.98. The lowest BCUT2D eigenvalue weighted by Gasteiger charge is -2.26. The zero-order valence-corrected chi connectivity index (χ0v) is 15.8. The van der Waals surface area contributed by atoms with Gasteiger partial charge in [0.2, 0.25) is 0 Å². The molecule has 0 radical (unpaired) electrons. The van der Waals surface area contributed by atoms with E-state index in [2.05, 4.69) is 49.9 Å². The van der Waals surface area contributed by atoms with Crippen molar-refractivity contribution >= 4 is 11.0 Å². The largest absolute Gasteiger partial charge is 0.461 e. The number of hydrogen-bond acceptors (Lipinski definition) is 3. The molecule has 0 bridgehead atoms. The van der Waals surface area contributed by atoms with Crippen LogP contribution in [0.4, 0.5) is 0 Å². The van der Waals surface area contributed by atoms with Crippen LogP contribution in [0.25, 0.3) is 22.1 Å². The summed E-state index contributed by atoms with van der Waals surface area (Å²) >= 11 is 0. The van der Waals surface area contributed by atoms with Crippen molar-refractivity contribution in [2.75, 3.05) is 13.1 Å². The number of rotatable bonds is 7. The maximum Gasteiger partial charge on any atom is 0.134 e. The summed E-state index contributed by atoms with van der Waals surface area (Å²) in [5.74, 6) is 1.04. The summed E-state index contributed by atoms with van der Waals surface area (Å²) in [5, 5.41) is 10.1. The van der Waals surface area contributed by atoms with E-state index in [-0.39, 0.29) is 0 Å². The van der Waals surface area contributed by atoms with Gasteiger partial charge in [-0.15, -0.1) is 0 Å². The summed E-state index contributed by atoms with van der Waals surface area (Å²) in [6, 6.07) is 18.9. The number of likely N-dealkylation sites (N-methyl/N-ethyl adjacent to an activating group) is 1. The summed E-state index contributed by atoms with van der Waals surface area (Å²) in [4.78, 5) is 2.50. The third-order valence-electron chi connectivity index (χ3n) is 5.18. The summed E-state index contributed by atoms with van der Waals surface area (Å²) < 4.78 is 6.03. The number of benzene rings is 2. The lowest BCUT2D eigenvalue weighted by atomic mass is 10.0. The number of hydrogen-bond donors (Lipinski definition) is 0. The van der Waals surface area contributed by atoms with E-state index in [1.165, 1.54) is 6.42 Å². The number of fused-ring (bicyclic) bond motifs is 1. The molecule has 26 heavy (non-hydrogen) atoms. The van der Waals surface area contributed by atoms with Crippen LogP contribution in [0, 0.1) is 11.3 Å². The van der Waals surface area contributed by atoms with Crippen molar-refractivity contribution in [2.24, 2.45) is 0 Å². The highest BCUT2D eigenvalue weighted by atomic mass is 16.3. The molecule has 0 aliphatic rings. The molecule has 0 N–H and O–H groups in total. The highest BCUT2D eigenvalue weighted by molar-refractivity contribution is 5.84.